The van der Waals surface area contributed by atoms with E-state index in [0.717, 1.165) is 22.3 Å². The maximum absolute atomic E-state index is 13.3. The van der Waals surface area contributed by atoms with Crippen molar-refractivity contribution in [1.29, 1.82) is 0 Å². The summed E-state index contributed by atoms with van der Waals surface area (Å²) >= 11 is 0. The number of hydrogen-bond acceptors (Lipinski definition) is 8. The molecule has 0 saturated carbocycles. The Morgan fingerprint density at radius 3 is 1.20 bits per heavy atom. The summed E-state index contributed by atoms with van der Waals surface area (Å²) in [6.45, 7) is 10.8. The SMILES string of the molecule is COc1c(NC(=O)N[C@@H]2Cc3ccccc3[C@@H]2O)cc(C(C)(C)C)cc1[C@@H](O)C(F)(F)F.COc1c(NC(=O)N[C@@H]2Cc3ccccc3[C@@H]2O)cc(C(C)(C)C)cc1[C@H](O)C(F)(F)F. The lowest BCUT2D eigenvalue weighted by atomic mass is 9.84. The van der Waals surface area contributed by atoms with Crippen LogP contribution in [-0.4, -0.2) is 71.1 Å². The van der Waals surface area contributed by atoms with Gasteiger partial charge in [0.2, 0.25) is 0 Å². The van der Waals surface area contributed by atoms with Crippen LogP contribution in [0.3, 0.4) is 0 Å². The summed E-state index contributed by atoms with van der Waals surface area (Å²) in [6.07, 6.45) is -16.4. The molecule has 0 radical (unpaired) electrons. The van der Waals surface area contributed by atoms with Crippen molar-refractivity contribution >= 4 is 23.4 Å². The van der Waals surface area contributed by atoms with Crippen LogP contribution in [0.4, 0.5) is 47.3 Å². The first-order chi connectivity index (χ1) is 29.6. The number of hydrogen-bond donors (Lipinski definition) is 8. The van der Waals surface area contributed by atoms with Gasteiger partial charge >= 0.3 is 24.4 Å². The van der Waals surface area contributed by atoms with Crippen LogP contribution in [0.2, 0.25) is 0 Å². The Bertz CT molecular complexity index is 2160. The first kappa shape index (κ1) is 49.5. The molecule has 6 atom stereocenters. The number of anilines is 2. The Balaban J connectivity index is 0.000000241. The molecular formula is C46H54F6N4O8. The number of ether oxygens (including phenoxy) is 2. The number of nitrogens with one attached hydrogen (secondary N) is 4. The zero-order valence-corrected chi connectivity index (χ0v) is 36.5. The highest BCUT2D eigenvalue weighted by atomic mass is 19.4. The number of urea groups is 2. The van der Waals surface area contributed by atoms with Crippen molar-refractivity contribution in [3.05, 3.63) is 117 Å². The molecule has 64 heavy (non-hydrogen) atoms. The molecule has 0 bridgehead atoms. The van der Waals surface area contributed by atoms with Crippen molar-refractivity contribution in [3.8, 4) is 11.5 Å². The number of amides is 4. The third-order valence-corrected chi connectivity index (χ3v) is 11.1. The minimum absolute atomic E-state index is 0.0132. The van der Waals surface area contributed by atoms with Crippen LogP contribution in [0.5, 0.6) is 11.5 Å². The third kappa shape index (κ3) is 11.2. The number of rotatable bonds is 8. The zero-order chi connectivity index (χ0) is 47.7. The lowest BCUT2D eigenvalue weighted by Gasteiger charge is -2.26. The van der Waals surface area contributed by atoms with E-state index >= 15 is 0 Å². The van der Waals surface area contributed by atoms with E-state index < -0.39 is 82.9 Å². The first-order valence-corrected chi connectivity index (χ1v) is 20.3. The Morgan fingerprint density at radius 1 is 0.594 bits per heavy atom. The molecule has 2 aliphatic carbocycles. The number of carbonyl (C=O) groups excluding carboxylic acids is 2. The number of halogens is 6. The average Bonchev–Trinajstić information content (AvgIpc) is 3.69. The minimum atomic E-state index is -4.91. The zero-order valence-electron chi connectivity index (χ0n) is 36.5. The fourth-order valence-corrected chi connectivity index (χ4v) is 7.63. The van der Waals surface area contributed by atoms with Gasteiger partial charge in [0.25, 0.3) is 0 Å². The molecular weight excluding hydrogens is 851 g/mol. The highest BCUT2D eigenvalue weighted by Gasteiger charge is 2.44. The summed E-state index contributed by atoms with van der Waals surface area (Å²) in [6, 6.07) is 17.4. The average molecular weight is 905 g/mol. The van der Waals surface area contributed by atoms with Gasteiger partial charge in [-0.05, 0) is 81.3 Å². The van der Waals surface area contributed by atoms with E-state index in [1.165, 1.54) is 38.5 Å². The minimum Gasteiger partial charge on any atom is -0.494 e. The van der Waals surface area contributed by atoms with E-state index in [4.69, 9.17) is 9.47 Å². The molecule has 0 aromatic heterocycles. The van der Waals surface area contributed by atoms with Crippen LogP contribution in [0.1, 0.15) is 110 Å². The second kappa shape index (κ2) is 18.9. The third-order valence-electron chi connectivity index (χ3n) is 11.1. The predicted octanol–water partition coefficient (Wildman–Crippen LogP) is 8.74. The number of alkyl halides is 6. The van der Waals surface area contributed by atoms with Gasteiger partial charge in [0.15, 0.2) is 12.2 Å². The van der Waals surface area contributed by atoms with Crippen molar-refractivity contribution < 1.29 is 65.8 Å². The summed E-state index contributed by atoms with van der Waals surface area (Å²) < 4.78 is 90.0. The van der Waals surface area contributed by atoms with Crippen LogP contribution < -0.4 is 30.7 Å². The van der Waals surface area contributed by atoms with Crippen molar-refractivity contribution in [3.63, 3.8) is 0 Å². The largest absolute Gasteiger partial charge is 0.494 e. The number of benzene rings is 4. The lowest BCUT2D eigenvalue weighted by molar-refractivity contribution is -0.207. The van der Waals surface area contributed by atoms with Crippen molar-refractivity contribution in [1.82, 2.24) is 10.6 Å². The second-order valence-corrected chi connectivity index (χ2v) is 17.8. The Labute approximate surface area is 367 Å². The Hall–Kier alpha value is -5.56. The molecule has 4 amide bonds. The molecule has 0 unspecified atom stereocenters. The first-order valence-electron chi connectivity index (χ1n) is 20.3. The molecule has 6 rings (SSSR count). The number of methoxy groups -OCH3 is 2. The van der Waals surface area contributed by atoms with Gasteiger partial charge in [0, 0.05) is 11.1 Å². The molecule has 0 spiro atoms. The highest BCUT2D eigenvalue weighted by molar-refractivity contribution is 5.92. The summed E-state index contributed by atoms with van der Waals surface area (Å²) in [5.41, 5.74) is 2.07. The smallest absolute Gasteiger partial charge is 0.418 e. The van der Waals surface area contributed by atoms with Gasteiger partial charge in [0.1, 0.15) is 11.5 Å². The van der Waals surface area contributed by atoms with Crippen molar-refractivity contribution in [2.24, 2.45) is 0 Å². The van der Waals surface area contributed by atoms with Gasteiger partial charge in [-0.25, -0.2) is 9.59 Å². The van der Waals surface area contributed by atoms with Crippen molar-refractivity contribution in [2.45, 2.75) is 114 Å². The molecule has 2 aliphatic rings. The van der Waals surface area contributed by atoms with E-state index in [2.05, 4.69) is 21.3 Å². The van der Waals surface area contributed by atoms with E-state index in [0.29, 0.717) is 24.0 Å². The van der Waals surface area contributed by atoms with Crippen LogP contribution in [0.25, 0.3) is 0 Å². The molecule has 4 aromatic rings. The molecule has 0 aliphatic heterocycles. The van der Waals surface area contributed by atoms with Gasteiger partial charge in [-0.2, -0.15) is 26.3 Å². The fourth-order valence-electron chi connectivity index (χ4n) is 7.63. The van der Waals surface area contributed by atoms with E-state index in [9.17, 15) is 56.4 Å². The summed E-state index contributed by atoms with van der Waals surface area (Å²) in [4.78, 5) is 25.4. The topological polar surface area (TPSA) is 182 Å². The van der Waals surface area contributed by atoms with E-state index in [1.807, 2.05) is 24.3 Å². The summed E-state index contributed by atoms with van der Waals surface area (Å²) in [5.74, 6) is -0.568. The molecule has 0 saturated heterocycles. The van der Waals surface area contributed by atoms with E-state index in [1.54, 1.807) is 65.8 Å². The lowest BCUT2D eigenvalue weighted by Crippen LogP contribution is -2.40. The van der Waals surface area contributed by atoms with Gasteiger partial charge in [0.05, 0.1) is 49.9 Å². The van der Waals surface area contributed by atoms with Crippen LogP contribution in [0, 0.1) is 0 Å². The molecule has 0 heterocycles. The quantitative estimate of drug-likeness (QED) is 0.0809. The molecule has 12 nitrogen and oxygen atoms in total. The van der Waals surface area contributed by atoms with Crippen LogP contribution >= 0.6 is 0 Å². The maximum Gasteiger partial charge on any atom is 0.418 e. The standard InChI is InChI=1S/2C23H27F3N2O4/c2*1-22(2,3)13-10-15(20(30)23(24,25)26)19(32-4)17(11-13)28-21(31)27-16-9-12-7-5-6-8-14(12)18(16)29/h2*5-8,10-11,16,18,20,29-30H,9H2,1-4H3,(H2,27,28,31)/t16-,18+,20+;16-,18+,20-/m11/s1. The number of carbonyl (C=O) groups is 2. The van der Waals surface area contributed by atoms with Gasteiger partial charge < -0.3 is 51.2 Å². The second-order valence-electron chi connectivity index (χ2n) is 17.8. The summed E-state index contributed by atoms with van der Waals surface area (Å²) in [5, 5.41) is 51.2. The fraction of sp³-hybridized carbons (Fsp3) is 0.435. The van der Waals surface area contributed by atoms with E-state index in [-0.39, 0.29) is 22.9 Å². The van der Waals surface area contributed by atoms with Crippen LogP contribution in [-0.2, 0) is 23.7 Å². The number of aliphatic hydroxyl groups is 4. The Kier molecular flexibility index (Phi) is 14.6. The normalized spacial score (nSPS) is 19.3. The van der Waals surface area contributed by atoms with Gasteiger partial charge in [-0.3, -0.25) is 0 Å². The van der Waals surface area contributed by atoms with Gasteiger partial charge in [-0.1, -0.05) is 90.1 Å². The Morgan fingerprint density at radius 2 is 0.922 bits per heavy atom. The monoisotopic (exact) mass is 904 g/mol. The molecule has 18 heteroatoms. The summed E-state index contributed by atoms with van der Waals surface area (Å²) in [7, 11) is 2.33. The van der Waals surface area contributed by atoms with Crippen LogP contribution in [0.15, 0.2) is 72.8 Å². The van der Waals surface area contributed by atoms with Crippen molar-refractivity contribution in [2.75, 3.05) is 24.9 Å². The maximum atomic E-state index is 13.3. The number of aliphatic hydroxyl groups excluding tert-OH is 4. The molecule has 8 N–H and O–H groups in total. The molecule has 348 valence electrons. The predicted molar refractivity (Wildman–Crippen MR) is 228 cm³/mol. The number of fused-ring (bicyclic) bond motifs is 2. The van der Waals surface area contributed by atoms with Gasteiger partial charge in [-0.15, -0.1) is 0 Å². The molecule has 0 fully saturated rings. The highest BCUT2D eigenvalue weighted by Crippen LogP contribution is 2.45. The molecule has 4 aromatic carbocycles.